The predicted molar refractivity (Wildman–Crippen MR) is 77.2 cm³/mol. The molecule has 4 N–H and O–H groups in total. The van der Waals surface area contributed by atoms with Gasteiger partial charge in [0.1, 0.15) is 5.75 Å². The standard InChI is InChI=1S/C15H24N2O2/c1-10-6-5-7-11(13(10)18)14(19)17-12(8-9-16)15(2,3)4/h5-7,12,18H,8-9,16H2,1-4H3,(H,17,19). The van der Waals surface area contributed by atoms with E-state index < -0.39 is 0 Å². The van der Waals surface area contributed by atoms with Crippen LogP contribution in [0.25, 0.3) is 0 Å². The number of nitrogens with one attached hydrogen (secondary N) is 1. The molecule has 0 fully saturated rings. The van der Waals surface area contributed by atoms with Crippen molar-refractivity contribution in [3.8, 4) is 5.75 Å². The largest absolute Gasteiger partial charge is 0.507 e. The van der Waals surface area contributed by atoms with E-state index in [1.165, 1.54) is 0 Å². The number of carbonyl (C=O) groups excluding carboxylic acids is 1. The van der Waals surface area contributed by atoms with Crippen molar-refractivity contribution in [3.05, 3.63) is 29.3 Å². The average Bonchev–Trinajstić information content (AvgIpc) is 2.30. The van der Waals surface area contributed by atoms with Gasteiger partial charge in [-0.3, -0.25) is 4.79 Å². The summed E-state index contributed by atoms with van der Waals surface area (Å²) >= 11 is 0. The second-order valence-corrected chi connectivity index (χ2v) is 5.94. The van der Waals surface area contributed by atoms with Crippen LogP contribution in [0.4, 0.5) is 0 Å². The Morgan fingerprint density at radius 3 is 2.58 bits per heavy atom. The molecular weight excluding hydrogens is 240 g/mol. The molecule has 106 valence electrons. The molecule has 4 heteroatoms. The number of nitrogens with two attached hydrogens (primary N) is 1. The van der Waals surface area contributed by atoms with Gasteiger partial charge in [0, 0.05) is 6.04 Å². The minimum atomic E-state index is -0.255. The second kappa shape index (κ2) is 6.06. The summed E-state index contributed by atoms with van der Waals surface area (Å²) in [5.74, 6) is -0.213. The zero-order chi connectivity index (χ0) is 14.6. The molecule has 0 saturated carbocycles. The number of rotatable bonds is 4. The van der Waals surface area contributed by atoms with Crippen molar-refractivity contribution in [3.63, 3.8) is 0 Å². The van der Waals surface area contributed by atoms with Gasteiger partial charge in [-0.05, 0) is 36.9 Å². The maximum Gasteiger partial charge on any atom is 0.255 e. The first-order valence-corrected chi connectivity index (χ1v) is 6.57. The number of phenolic OH excluding ortho intramolecular Hbond substituents is 1. The normalized spacial score (nSPS) is 13.1. The van der Waals surface area contributed by atoms with Crippen molar-refractivity contribution >= 4 is 5.91 Å². The van der Waals surface area contributed by atoms with E-state index in [0.717, 1.165) is 0 Å². The van der Waals surface area contributed by atoms with Crippen LogP contribution in [0.15, 0.2) is 18.2 Å². The highest BCUT2D eigenvalue weighted by atomic mass is 16.3. The molecule has 0 spiro atoms. The lowest BCUT2D eigenvalue weighted by molar-refractivity contribution is 0.0896. The zero-order valence-electron chi connectivity index (χ0n) is 12.2. The monoisotopic (exact) mass is 264 g/mol. The Kier molecular flexibility index (Phi) is 4.95. The van der Waals surface area contributed by atoms with E-state index >= 15 is 0 Å². The molecule has 0 aromatic heterocycles. The molecule has 1 rings (SSSR count). The van der Waals surface area contributed by atoms with Crippen molar-refractivity contribution in [2.45, 2.75) is 40.2 Å². The molecule has 4 nitrogen and oxygen atoms in total. The predicted octanol–water partition coefficient (Wildman–Crippen LogP) is 2.19. The lowest BCUT2D eigenvalue weighted by Crippen LogP contribution is -2.44. The van der Waals surface area contributed by atoms with Gasteiger partial charge < -0.3 is 16.2 Å². The number of phenols is 1. The molecule has 1 amide bonds. The molecule has 1 aromatic rings. The summed E-state index contributed by atoms with van der Waals surface area (Å²) in [5.41, 5.74) is 6.52. The fourth-order valence-corrected chi connectivity index (χ4v) is 1.97. The molecule has 0 radical (unpaired) electrons. The summed E-state index contributed by atoms with van der Waals surface area (Å²) in [7, 11) is 0. The van der Waals surface area contributed by atoms with E-state index in [9.17, 15) is 9.90 Å². The Hall–Kier alpha value is -1.55. The first kappa shape index (κ1) is 15.5. The Bertz CT molecular complexity index is 450. The number of para-hydroxylation sites is 1. The highest BCUT2D eigenvalue weighted by molar-refractivity contribution is 5.97. The zero-order valence-corrected chi connectivity index (χ0v) is 12.2. The molecule has 19 heavy (non-hydrogen) atoms. The molecule has 0 aliphatic heterocycles. The van der Waals surface area contributed by atoms with Gasteiger partial charge in [-0.1, -0.05) is 32.9 Å². The topological polar surface area (TPSA) is 75.4 Å². The Balaban J connectivity index is 2.91. The van der Waals surface area contributed by atoms with Crippen LogP contribution in [0.5, 0.6) is 5.75 Å². The summed E-state index contributed by atoms with van der Waals surface area (Å²) < 4.78 is 0. The molecule has 0 saturated heterocycles. The molecule has 0 bridgehead atoms. The SMILES string of the molecule is Cc1cccc(C(=O)NC(CCN)C(C)(C)C)c1O. The number of carbonyl (C=O) groups is 1. The van der Waals surface area contributed by atoms with E-state index in [2.05, 4.69) is 26.1 Å². The summed E-state index contributed by atoms with van der Waals surface area (Å²) in [5, 5.41) is 12.9. The van der Waals surface area contributed by atoms with Gasteiger partial charge in [0.2, 0.25) is 0 Å². The number of benzene rings is 1. The van der Waals surface area contributed by atoms with Gasteiger partial charge in [-0.25, -0.2) is 0 Å². The molecule has 1 atom stereocenters. The van der Waals surface area contributed by atoms with Crippen LogP contribution >= 0.6 is 0 Å². The third-order valence-electron chi connectivity index (χ3n) is 3.29. The summed E-state index contributed by atoms with van der Waals surface area (Å²) in [6.07, 6.45) is 0.710. The average molecular weight is 264 g/mol. The molecule has 1 aromatic carbocycles. The number of aromatic hydroxyl groups is 1. The van der Waals surface area contributed by atoms with Crippen LogP contribution in [0.1, 0.15) is 43.1 Å². The quantitative estimate of drug-likeness (QED) is 0.780. The van der Waals surface area contributed by atoms with E-state index in [1.54, 1.807) is 25.1 Å². The Morgan fingerprint density at radius 2 is 2.05 bits per heavy atom. The summed E-state index contributed by atoms with van der Waals surface area (Å²) in [6.45, 7) is 8.46. The van der Waals surface area contributed by atoms with Gasteiger partial charge in [-0.15, -0.1) is 0 Å². The number of amides is 1. The van der Waals surface area contributed by atoms with Crippen molar-refractivity contribution < 1.29 is 9.90 Å². The van der Waals surface area contributed by atoms with Gasteiger partial charge in [0.15, 0.2) is 0 Å². The molecule has 1 unspecified atom stereocenters. The lowest BCUT2D eigenvalue weighted by atomic mass is 9.84. The Morgan fingerprint density at radius 1 is 1.42 bits per heavy atom. The highest BCUT2D eigenvalue weighted by Gasteiger charge is 2.26. The second-order valence-electron chi connectivity index (χ2n) is 5.94. The molecule has 0 aliphatic carbocycles. The van der Waals surface area contributed by atoms with Crippen LogP contribution in [0.2, 0.25) is 0 Å². The van der Waals surface area contributed by atoms with Gasteiger partial charge >= 0.3 is 0 Å². The van der Waals surface area contributed by atoms with Crippen molar-refractivity contribution in [1.82, 2.24) is 5.32 Å². The highest BCUT2D eigenvalue weighted by Crippen LogP contribution is 2.24. The Labute approximate surface area is 115 Å². The third kappa shape index (κ3) is 3.96. The van der Waals surface area contributed by atoms with Crippen LogP contribution in [0, 0.1) is 12.3 Å². The van der Waals surface area contributed by atoms with E-state index in [1.807, 2.05) is 0 Å². The number of hydrogen-bond acceptors (Lipinski definition) is 3. The van der Waals surface area contributed by atoms with Crippen molar-refractivity contribution in [2.75, 3.05) is 6.54 Å². The first-order chi connectivity index (χ1) is 8.77. The maximum absolute atomic E-state index is 12.2. The lowest BCUT2D eigenvalue weighted by Gasteiger charge is -2.31. The fraction of sp³-hybridized carbons (Fsp3) is 0.533. The van der Waals surface area contributed by atoms with Gasteiger partial charge in [-0.2, -0.15) is 0 Å². The van der Waals surface area contributed by atoms with E-state index in [-0.39, 0.29) is 23.1 Å². The molecular formula is C15H24N2O2. The maximum atomic E-state index is 12.2. The van der Waals surface area contributed by atoms with Crippen LogP contribution in [-0.4, -0.2) is 23.6 Å². The van der Waals surface area contributed by atoms with E-state index in [0.29, 0.717) is 24.1 Å². The van der Waals surface area contributed by atoms with Gasteiger partial charge in [0.05, 0.1) is 5.56 Å². The summed E-state index contributed by atoms with van der Waals surface area (Å²) in [4.78, 5) is 12.2. The molecule has 0 aliphatic rings. The molecule has 0 heterocycles. The van der Waals surface area contributed by atoms with Crippen molar-refractivity contribution in [2.24, 2.45) is 11.1 Å². The van der Waals surface area contributed by atoms with E-state index in [4.69, 9.17) is 5.73 Å². The fourth-order valence-electron chi connectivity index (χ4n) is 1.97. The van der Waals surface area contributed by atoms with Crippen LogP contribution < -0.4 is 11.1 Å². The smallest absolute Gasteiger partial charge is 0.255 e. The first-order valence-electron chi connectivity index (χ1n) is 6.57. The van der Waals surface area contributed by atoms with Crippen LogP contribution in [0.3, 0.4) is 0 Å². The minimum absolute atomic E-state index is 0.0232. The number of hydrogen-bond donors (Lipinski definition) is 3. The summed E-state index contributed by atoms with van der Waals surface area (Å²) in [6, 6.07) is 5.14. The third-order valence-corrected chi connectivity index (χ3v) is 3.29. The van der Waals surface area contributed by atoms with Crippen LogP contribution in [-0.2, 0) is 0 Å². The minimum Gasteiger partial charge on any atom is -0.507 e. The van der Waals surface area contributed by atoms with Gasteiger partial charge in [0.25, 0.3) is 5.91 Å². The van der Waals surface area contributed by atoms with Crippen molar-refractivity contribution in [1.29, 1.82) is 0 Å². The number of aryl methyl sites for hydroxylation is 1.